The summed E-state index contributed by atoms with van der Waals surface area (Å²) in [5.74, 6) is -1.99. The molecule has 0 atom stereocenters. The van der Waals surface area contributed by atoms with E-state index in [1.807, 2.05) is 0 Å². The molecule has 0 aliphatic carbocycles. The molecule has 13 heavy (non-hydrogen) atoms. The molecular formula is C9H7FO3. The number of carboxylic acids is 1. The number of hydrogen-bond acceptors (Lipinski definition) is 2. The molecule has 0 heterocycles. The molecule has 0 aliphatic heterocycles. The van der Waals surface area contributed by atoms with Gasteiger partial charge in [-0.3, -0.25) is 0 Å². The fourth-order valence-corrected chi connectivity index (χ4v) is 0.812. The van der Waals surface area contributed by atoms with Crippen LogP contribution in [0.5, 0.6) is 5.75 Å². The molecule has 0 amide bonds. The predicted octanol–water partition coefficient (Wildman–Crippen LogP) is 1.63. The lowest BCUT2D eigenvalue weighted by Gasteiger charge is -1.96. The number of phenols is 1. The Morgan fingerprint density at radius 3 is 2.69 bits per heavy atom. The molecule has 0 saturated carbocycles. The second kappa shape index (κ2) is 3.71. The Balaban J connectivity index is 2.96. The third-order valence-corrected chi connectivity index (χ3v) is 1.39. The minimum Gasteiger partial charge on any atom is -0.508 e. The zero-order valence-electron chi connectivity index (χ0n) is 6.57. The maximum Gasteiger partial charge on any atom is 0.328 e. The number of carboxylic acid groups (broad SMARTS) is 1. The van der Waals surface area contributed by atoms with Crippen LogP contribution in [0.15, 0.2) is 24.3 Å². The Hall–Kier alpha value is -1.84. The lowest BCUT2D eigenvalue weighted by atomic mass is 10.2. The maximum atomic E-state index is 12.9. The molecule has 1 rings (SSSR count). The van der Waals surface area contributed by atoms with Crippen LogP contribution >= 0.6 is 0 Å². The SMILES string of the molecule is O=C(O)/C=C/c1ccc(O)cc1F. The van der Waals surface area contributed by atoms with Crippen LogP contribution in [0, 0.1) is 5.82 Å². The van der Waals surface area contributed by atoms with Gasteiger partial charge in [0.15, 0.2) is 0 Å². The average molecular weight is 182 g/mol. The first-order chi connectivity index (χ1) is 6.09. The summed E-state index contributed by atoms with van der Waals surface area (Å²) in [6.07, 6.45) is 1.95. The molecular weight excluding hydrogens is 175 g/mol. The Kier molecular flexibility index (Phi) is 2.64. The lowest BCUT2D eigenvalue weighted by molar-refractivity contribution is -0.131. The van der Waals surface area contributed by atoms with E-state index in [9.17, 15) is 9.18 Å². The highest BCUT2D eigenvalue weighted by Gasteiger charge is 1.99. The van der Waals surface area contributed by atoms with Gasteiger partial charge in [-0.05, 0) is 18.2 Å². The van der Waals surface area contributed by atoms with Crippen molar-refractivity contribution in [3.05, 3.63) is 35.7 Å². The molecule has 3 nitrogen and oxygen atoms in total. The van der Waals surface area contributed by atoms with E-state index in [1.54, 1.807) is 0 Å². The quantitative estimate of drug-likeness (QED) is 0.683. The first-order valence-electron chi connectivity index (χ1n) is 3.49. The molecule has 0 aliphatic rings. The van der Waals surface area contributed by atoms with E-state index in [4.69, 9.17) is 10.2 Å². The first kappa shape index (κ1) is 9.25. The van der Waals surface area contributed by atoms with E-state index in [0.29, 0.717) is 0 Å². The summed E-state index contributed by atoms with van der Waals surface area (Å²) in [6.45, 7) is 0. The number of hydrogen-bond donors (Lipinski definition) is 2. The predicted molar refractivity (Wildman–Crippen MR) is 44.7 cm³/mol. The summed E-state index contributed by atoms with van der Waals surface area (Å²) in [6, 6.07) is 3.50. The molecule has 0 radical (unpaired) electrons. The molecule has 68 valence electrons. The number of aromatic hydroxyl groups is 1. The molecule has 4 heteroatoms. The van der Waals surface area contributed by atoms with Gasteiger partial charge in [-0.1, -0.05) is 0 Å². The normalized spacial score (nSPS) is 10.5. The number of benzene rings is 1. The summed E-state index contributed by atoms with van der Waals surface area (Å²) in [5, 5.41) is 17.1. The lowest BCUT2D eigenvalue weighted by Crippen LogP contribution is -1.87. The van der Waals surface area contributed by atoms with Gasteiger partial charge in [0.1, 0.15) is 11.6 Å². The highest BCUT2D eigenvalue weighted by Crippen LogP contribution is 2.15. The largest absolute Gasteiger partial charge is 0.508 e. The van der Waals surface area contributed by atoms with Gasteiger partial charge < -0.3 is 10.2 Å². The molecule has 0 unspecified atom stereocenters. The monoisotopic (exact) mass is 182 g/mol. The number of rotatable bonds is 2. The molecule has 0 saturated heterocycles. The van der Waals surface area contributed by atoms with Crippen molar-refractivity contribution in [2.24, 2.45) is 0 Å². The smallest absolute Gasteiger partial charge is 0.328 e. The summed E-state index contributed by atoms with van der Waals surface area (Å²) >= 11 is 0. The zero-order valence-corrected chi connectivity index (χ0v) is 6.57. The van der Waals surface area contributed by atoms with Crippen LogP contribution in [-0.2, 0) is 4.79 Å². The number of aliphatic carboxylic acids is 1. The van der Waals surface area contributed by atoms with Crippen molar-refractivity contribution in [1.82, 2.24) is 0 Å². The van der Waals surface area contributed by atoms with Crippen molar-refractivity contribution in [3.63, 3.8) is 0 Å². The Morgan fingerprint density at radius 1 is 1.46 bits per heavy atom. The highest BCUT2D eigenvalue weighted by molar-refractivity contribution is 5.85. The molecule has 0 fully saturated rings. The molecule has 0 spiro atoms. The van der Waals surface area contributed by atoms with Crippen molar-refractivity contribution in [2.45, 2.75) is 0 Å². The van der Waals surface area contributed by atoms with Crippen LogP contribution in [0.4, 0.5) is 4.39 Å². The van der Waals surface area contributed by atoms with Crippen molar-refractivity contribution < 1.29 is 19.4 Å². The van der Waals surface area contributed by atoms with Crippen molar-refractivity contribution >= 4 is 12.0 Å². The zero-order chi connectivity index (χ0) is 9.84. The second-order valence-electron chi connectivity index (χ2n) is 2.38. The van der Waals surface area contributed by atoms with Gasteiger partial charge in [0.2, 0.25) is 0 Å². The Morgan fingerprint density at radius 2 is 2.15 bits per heavy atom. The van der Waals surface area contributed by atoms with E-state index in [-0.39, 0.29) is 11.3 Å². The van der Waals surface area contributed by atoms with Gasteiger partial charge in [0, 0.05) is 17.7 Å². The van der Waals surface area contributed by atoms with Gasteiger partial charge in [0.05, 0.1) is 0 Å². The molecule has 2 N–H and O–H groups in total. The van der Waals surface area contributed by atoms with E-state index in [1.165, 1.54) is 12.1 Å². The van der Waals surface area contributed by atoms with E-state index in [0.717, 1.165) is 18.2 Å². The summed E-state index contributed by atoms with van der Waals surface area (Å²) in [4.78, 5) is 10.1. The van der Waals surface area contributed by atoms with Crippen LogP contribution in [0.1, 0.15) is 5.56 Å². The number of carbonyl (C=O) groups is 1. The van der Waals surface area contributed by atoms with Crippen molar-refractivity contribution in [2.75, 3.05) is 0 Å². The number of halogens is 1. The topological polar surface area (TPSA) is 57.5 Å². The second-order valence-corrected chi connectivity index (χ2v) is 2.38. The third kappa shape index (κ3) is 2.59. The summed E-state index contributed by atoms with van der Waals surface area (Å²) in [5.41, 5.74) is 0.125. The van der Waals surface area contributed by atoms with Gasteiger partial charge in [-0.15, -0.1) is 0 Å². The molecule has 1 aromatic rings. The van der Waals surface area contributed by atoms with E-state index >= 15 is 0 Å². The molecule has 0 aromatic heterocycles. The van der Waals surface area contributed by atoms with Crippen LogP contribution < -0.4 is 0 Å². The number of phenolic OH excluding ortho intramolecular Hbond substituents is 1. The first-order valence-corrected chi connectivity index (χ1v) is 3.49. The van der Waals surface area contributed by atoms with Crippen molar-refractivity contribution in [3.8, 4) is 5.75 Å². The van der Waals surface area contributed by atoms with Crippen LogP contribution in [0.25, 0.3) is 6.08 Å². The highest BCUT2D eigenvalue weighted by atomic mass is 19.1. The summed E-state index contributed by atoms with van der Waals surface area (Å²) in [7, 11) is 0. The van der Waals surface area contributed by atoms with E-state index < -0.39 is 11.8 Å². The average Bonchev–Trinajstić information content (AvgIpc) is 2.02. The third-order valence-electron chi connectivity index (χ3n) is 1.39. The maximum absolute atomic E-state index is 12.9. The fourth-order valence-electron chi connectivity index (χ4n) is 0.812. The summed E-state index contributed by atoms with van der Waals surface area (Å²) < 4.78 is 12.9. The molecule has 1 aromatic carbocycles. The van der Waals surface area contributed by atoms with E-state index in [2.05, 4.69) is 0 Å². The minimum absolute atomic E-state index is 0.125. The fraction of sp³-hybridized carbons (Fsp3) is 0. The van der Waals surface area contributed by atoms with Gasteiger partial charge in [-0.25, -0.2) is 9.18 Å². The van der Waals surface area contributed by atoms with Crippen LogP contribution in [0.2, 0.25) is 0 Å². The Labute approximate surface area is 73.8 Å². The van der Waals surface area contributed by atoms with Gasteiger partial charge in [0.25, 0.3) is 0 Å². The van der Waals surface area contributed by atoms with Crippen LogP contribution in [-0.4, -0.2) is 16.2 Å². The standard InChI is InChI=1S/C9H7FO3/c10-8-5-7(11)3-1-6(8)2-4-9(12)13/h1-5,11H,(H,12,13)/b4-2+. The minimum atomic E-state index is -1.15. The molecule has 0 bridgehead atoms. The van der Waals surface area contributed by atoms with Gasteiger partial charge in [-0.2, -0.15) is 0 Å². The van der Waals surface area contributed by atoms with Crippen molar-refractivity contribution in [1.29, 1.82) is 0 Å². The van der Waals surface area contributed by atoms with Crippen LogP contribution in [0.3, 0.4) is 0 Å². The van der Waals surface area contributed by atoms with Gasteiger partial charge >= 0.3 is 5.97 Å². The Bertz CT molecular complexity index is 358.